The monoisotopic (exact) mass is 508 g/mol. The summed E-state index contributed by atoms with van der Waals surface area (Å²) in [4.78, 5) is 42.5. The van der Waals surface area contributed by atoms with Gasteiger partial charge in [-0.15, -0.1) is 0 Å². The molecule has 2 aliphatic rings. The second-order valence-corrected chi connectivity index (χ2v) is 9.64. The lowest BCUT2D eigenvalue weighted by atomic mass is 9.83. The Hall–Kier alpha value is -3.52. The molecule has 3 atom stereocenters. The van der Waals surface area contributed by atoms with Crippen LogP contribution in [-0.4, -0.2) is 59.5 Å². The first-order valence-electron chi connectivity index (χ1n) is 12.7. The normalized spacial score (nSPS) is 22.3. The van der Waals surface area contributed by atoms with Gasteiger partial charge in [-0.2, -0.15) is 0 Å². The Kier molecular flexibility index (Phi) is 8.07. The Morgan fingerprint density at radius 3 is 2.32 bits per heavy atom. The second-order valence-electron chi connectivity index (χ2n) is 9.64. The molecule has 0 saturated carbocycles. The fourth-order valence-corrected chi connectivity index (χ4v) is 5.16. The van der Waals surface area contributed by atoms with Gasteiger partial charge in [0.25, 0.3) is 5.91 Å². The first-order valence-corrected chi connectivity index (χ1v) is 12.7. The molecule has 7 nitrogen and oxygen atoms in total. The van der Waals surface area contributed by atoms with Crippen LogP contribution in [0.4, 0.5) is 4.39 Å². The third-order valence-electron chi connectivity index (χ3n) is 6.85. The molecule has 2 heterocycles. The van der Waals surface area contributed by atoms with Crippen molar-refractivity contribution in [3.63, 3.8) is 0 Å². The lowest BCUT2D eigenvalue weighted by molar-refractivity contribution is -0.140. The molecule has 0 aliphatic carbocycles. The molecule has 3 unspecified atom stereocenters. The van der Waals surface area contributed by atoms with E-state index in [1.807, 2.05) is 26.0 Å². The third kappa shape index (κ3) is 5.74. The number of carbonyl (C=O) groups excluding carboxylic acids is 3. The number of nitrogens with zero attached hydrogens (tertiary/aromatic N) is 2. The van der Waals surface area contributed by atoms with Crippen LogP contribution in [-0.2, 0) is 25.6 Å². The van der Waals surface area contributed by atoms with Gasteiger partial charge in [0, 0.05) is 36.7 Å². The van der Waals surface area contributed by atoms with Crippen LogP contribution in [0.25, 0.3) is 0 Å². The summed E-state index contributed by atoms with van der Waals surface area (Å²) in [6, 6.07) is 13.3. The number of hydrogen-bond acceptors (Lipinski definition) is 5. The zero-order chi connectivity index (χ0) is 26.7. The minimum atomic E-state index is -0.720. The SMILES string of the molecule is CCOC(=O)C1=C(C)N(Cc2ccc(C(=O)N3CC(C)OC(C)C3)cc2)C(=O)CC1c1ccccc1F. The predicted molar refractivity (Wildman–Crippen MR) is 136 cm³/mol. The van der Waals surface area contributed by atoms with Crippen LogP contribution in [0.2, 0.25) is 0 Å². The summed E-state index contributed by atoms with van der Waals surface area (Å²) in [6.45, 7) is 8.77. The Labute approximate surface area is 216 Å². The van der Waals surface area contributed by atoms with Crippen molar-refractivity contribution >= 4 is 17.8 Å². The standard InChI is InChI=1S/C29H33FN2O5/c1-5-36-29(35)27-20(4)32(26(33)14-24(27)23-8-6-7-9-25(23)30)17-21-10-12-22(13-11-21)28(34)31-15-18(2)37-19(3)16-31/h6-13,18-19,24H,5,14-17H2,1-4H3. The summed E-state index contributed by atoms with van der Waals surface area (Å²) in [7, 11) is 0. The Bertz CT molecular complexity index is 1200. The summed E-state index contributed by atoms with van der Waals surface area (Å²) in [5, 5.41) is 0. The van der Waals surface area contributed by atoms with Crippen molar-refractivity contribution in [1.29, 1.82) is 0 Å². The van der Waals surface area contributed by atoms with Crippen LogP contribution in [0, 0.1) is 5.82 Å². The van der Waals surface area contributed by atoms with Gasteiger partial charge in [-0.05, 0) is 57.0 Å². The van der Waals surface area contributed by atoms with E-state index in [1.54, 1.807) is 49.1 Å². The molecular weight excluding hydrogens is 475 g/mol. The molecule has 0 aromatic heterocycles. The molecule has 2 aliphatic heterocycles. The van der Waals surface area contributed by atoms with Gasteiger partial charge >= 0.3 is 5.97 Å². The maximum atomic E-state index is 14.6. The Balaban J connectivity index is 1.58. The number of carbonyl (C=O) groups is 3. The van der Waals surface area contributed by atoms with Gasteiger partial charge in [0.15, 0.2) is 0 Å². The van der Waals surface area contributed by atoms with E-state index < -0.39 is 17.7 Å². The van der Waals surface area contributed by atoms with Crippen LogP contribution < -0.4 is 0 Å². The van der Waals surface area contributed by atoms with Gasteiger partial charge < -0.3 is 19.3 Å². The van der Waals surface area contributed by atoms with E-state index in [1.165, 1.54) is 11.0 Å². The van der Waals surface area contributed by atoms with Gasteiger partial charge in [-0.3, -0.25) is 9.59 Å². The summed E-state index contributed by atoms with van der Waals surface area (Å²) < 4.78 is 25.6. The summed E-state index contributed by atoms with van der Waals surface area (Å²) in [5.41, 5.74) is 2.40. The summed E-state index contributed by atoms with van der Waals surface area (Å²) in [5.74, 6) is -2.01. The highest BCUT2D eigenvalue weighted by molar-refractivity contribution is 5.96. The number of hydrogen-bond donors (Lipinski definition) is 0. The van der Waals surface area contributed by atoms with Crippen molar-refractivity contribution in [1.82, 2.24) is 9.80 Å². The molecule has 4 rings (SSSR count). The molecule has 8 heteroatoms. The van der Waals surface area contributed by atoms with E-state index in [4.69, 9.17) is 9.47 Å². The molecule has 0 bridgehead atoms. The quantitative estimate of drug-likeness (QED) is 0.540. The summed E-state index contributed by atoms with van der Waals surface area (Å²) in [6.07, 6.45) is -0.0848. The average Bonchev–Trinajstić information content (AvgIpc) is 2.86. The van der Waals surface area contributed by atoms with Crippen molar-refractivity contribution in [2.24, 2.45) is 0 Å². The maximum Gasteiger partial charge on any atom is 0.336 e. The number of allylic oxidation sites excluding steroid dienone is 1. The van der Waals surface area contributed by atoms with Gasteiger partial charge in [0.05, 0.1) is 30.9 Å². The van der Waals surface area contributed by atoms with Crippen LogP contribution in [0.5, 0.6) is 0 Å². The van der Waals surface area contributed by atoms with E-state index in [0.717, 1.165) is 5.56 Å². The molecule has 196 valence electrons. The molecule has 0 N–H and O–H groups in total. The topological polar surface area (TPSA) is 76.2 Å². The van der Waals surface area contributed by atoms with E-state index >= 15 is 0 Å². The zero-order valence-electron chi connectivity index (χ0n) is 21.7. The van der Waals surface area contributed by atoms with Crippen molar-refractivity contribution in [3.8, 4) is 0 Å². The lowest BCUT2D eigenvalue weighted by Crippen LogP contribution is -2.48. The van der Waals surface area contributed by atoms with Crippen LogP contribution in [0.3, 0.4) is 0 Å². The van der Waals surface area contributed by atoms with E-state index in [2.05, 4.69) is 0 Å². The highest BCUT2D eigenvalue weighted by atomic mass is 19.1. The van der Waals surface area contributed by atoms with E-state index in [0.29, 0.717) is 29.9 Å². The minimum Gasteiger partial charge on any atom is -0.463 e. The average molecular weight is 509 g/mol. The fraction of sp³-hybridized carbons (Fsp3) is 0.414. The first-order chi connectivity index (χ1) is 17.7. The van der Waals surface area contributed by atoms with Crippen LogP contribution >= 0.6 is 0 Å². The molecule has 2 amide bonds. The second kappa shape index (κ2) is 11.3. The van der Waals surface area contributed by atoms with Crippen LogP contribution in [0.1, 0.15) is 61.5 Å². The van der Waals surface area contributed by atoms with Crippen LogP contribution in [0.15, 0.2) is 59.8 Å². The molecule has 2 aromatic carbocycles. The van der Waals surface area contributed by atoms with Gasteiger partial charge in [0.2, 0.25) is 5.91 Å². The highest BCUT2D eigenvalue weighted by Gasteiger charge is 2.38. The fourth-order valence-electron chi connectivity index (χ4n) is 5.16. The van der Waals surface area contributed by atoms with Gasteiger partial charge in [-0.1, -0.05) is 30.3 Å². The Morgan fingerprint density at radius 2 is 1.70 bits per heavy atom. The third-order valence-corrected chi connectivity index (χ3v) is 6.85. The number of ether oxygens (including phenoxy) is 2. The van der Waals surface area contributed by atoms with E-state index in [9.17, 15) is 18.8 Å². The number of benzene rings is 2. The zero-order valence-corrected chi connectivity index (χ0v) is 21.7. The minimum absolute atomic E-state index is 0.0198. The summed E-state index contributed by atoms with van der Waals surface area (Å²) >= 11 is 0. The number of rotatable bonds is 6. The van der Waals surface area contributed by atoms with Gasteiger partial charge in [-0.25, -0.2) is 9.18 Å². The van der Waals surface area contributed by atoms with Crippen molar-refractivity contribution in [2.75, 3.05) is 19.7 Å². The molecule has 37 heavy (non-hydrogen) atoms. The number of esters is 1. The van der Waals surface area contributed by atoms with Crippen molar-refractivity contribution in [2.45, 2.75) is 58.8 Å². The molecule has 1 fully saturated rings. The van der Waals surface area contributed by atoms with Gasteiger partial charge in [0.1, 0.15) is 5.82 Å². The first kappa shape index (κ1) is 26.5. The van der Waals surface area contributed by atoms with E-state index in [-0.39, 0.29) is 49.2 Å². The number of amides is 2. The smallest absolute Gasteiger partial charge is 0.336 e. The molecule has 1 saturated heterocycles. The molecule has 0 radical (unpaired) electrons. The number of halogens is 1. The van der Waals surface area contributed by atoms with Crippen molar-refractivity contribution < 1.29 is 28.2 Å². The molecule has 0 spiro atoms. The lowest BCUT2D eigenvalue weighted by Gasteiger charge is -2.35. The number of morpholine rings is 1. The highest BCUT2D eigenvalue weighted by Crippen LogP contribution is 2.38. The largest absolute Gasteiger partial charge is 0.463 e. The molecule has 2 aromatic rings. The maximum absolute atomic E-state index is 14.6. The predicted octanol–water partition coefficient (Wildman–Crippen LogP) is 4.43. The Morgan fingerprint density at radius 1 is 1.05 bits per heavy atom. The van der Waals surface area contributed by atoms with Crippen molar-refractivity contribution in [3.05, 3.63) is 82.3 Å². The molecular formula is C29H33FN2O5.